The van der Waals surface area contributed by atoms with Gasteiger partial charge in [-0.3, -0.25) is 9.80 Å². The van der Waals surface area contributed by atoms with E-state index in [9.17, 15) is 0 Å². The minimum atomic E-state index is 0.409. The van der Waals surface area contributed by atoms with Gasteiger partial charge in [-0.1, -0.05) is 6.92 Å². The molecule has 0 radical (unpaired) electrons. The highest BCUT2D eigenvalue weighted by Crippen LogP contribution is 2.30. The number of hydrogen-bond acceptors (Lipinski definition) is 4. The van der Waals surface area contributed by atoms with Crippen LogP contribution in [0.4, 0.5) is 0 Å². The summed E-state index contributed by atoms with van der Waals surface area (Å²) < 4.78 is 0. The summed E-state index contributed by atoms with van der Waals surface area (Å²) in [5.41, 5.74) is 0.409. The first-order valence-corrected chi connectivity index (χ1v) is 9.25. The van der Waals surface area contributed by atoms with Gasteiger partial charge in [0, 0.05) is 28.4 Å². The first-order chi connectivity index (χ1) is 10.2. The zero-order chi connectivity index (χ0) is 14.7. The molecule has 2 saturated heterocycles. The molecule has 3 nitrogen and oxygen atoms in total. The predicted molar refractivity (Wildman–Crippen MR) is 91.1 cm³/mol. The molecule has 2 fully saturated rings. The van der Waals surface area contributed by atoms with Crippen molar-refractivity contribution in [2.24, 2.45) is 0 Å². The average molecular weight is 308 g/mol. The van der Waals surface area contributed by atoms with E-state index in [2.05, 4.69) is 41.2 Å². The second-order valence-corrected chi connectivity index (χ2v) is 7.93. The van der Waals surface area contributed by atoms with E-state index in [4.69, 9.17) is 0 Å². The minimum Gasteiger partial charge on any atom is -0.317 e. The van der Waals surface area contributed by atoms with Crippen molar-refractivity contribution >= 4 is 11.3 Å². The Morgan fingerprint density at radius 2 is 1.95 bits per heavy atom. The van der Waals surface area contributed by atoms with Crippen LogP contribution in [0.25, 0.3) is 0 Å². The van der Waals surface area contributed by atoms with E-state index in [1.165, 1.54) is 63.3 Å². The van der Waals surface area contributed by atoms with Gasteiger partial charge in [-0.05, 0) is 71.0 Å². The summed E-state index contributed by atoms with van der Waals surface area (Å²) in [5.74, 6) is 0. The molecule has 0 bridgehead atoms. The maximum Gasteiger partial charge on any atom is 0.0357 e. The third kappa shape index (κ3) is 3.50. The molecule has 3 heterocycles. The molecule has 0 atom stereocenters. The van der Waals surface area contributed by atoms with Crippen LogP contribution in [0.15, 0.2) is 12.1 Å². The SMILES string of the molecule is CCc1ccc(CN2CCCN(C)C3(CCNCC3)C2)s1. The number of likely N-dealkylation sites (N-methyl/N-ethyl adjacent to an activating group) is 1. The summed E-state index contributed by atoms with van der Waals surface area (Å²) in [6.07, 6.45) is 5.07. The smallest absolute Gasteiger partial charge is 0.0357 e. The van der Waals surface area contributed by atoms with Crippen LogP contribution in [0.1, 0.15) is 35.9 Å². The van der Waals surface area contributed by atoms with Gasteiger partial charge < -0.3 is 5.32 Å². The quantitative estimate of drug-likeness (QED) is 0.926. The molecule has 0 unspecified atom stereocenters. The molecule has 1 aromatic heterocycles. The van der Waals surface area contributed by atoms with Crippen LogP contribution < -0.4 is 5.32 Å². The molecular weight excluding hydrogens is 278 g/mol. The van der Waals surface area contributed by atoms with Gasteiger partial charge in [-0.25, -0.2) is 0 Å². The zero-order valence-corrected chi connectivity index (χ0v) is 14.3. The highest BCUT2D eigenvalue weighted by molar-refractivity contribution is 7.11. The Labute approximate surface area is 133 Å². The van der Waals surface area contributed by atoms with Crippen molar-refractivity contribution in [1.82, 2.24) is 15.1 Å². The lowest BCUT2D eigenvalue weighted by Crippen LogP contribution is -2.57. The molecule has 2 aliphatic heterocycles. The summed E-state index contributed by atoms with van der Waals surface area (Å²) in [5, 5.41) is 3.53. The zero-order valence-electron chi connectivity index (χ0n) is 13.5. The number of thiophene rings is 1. The first kappa shape index (κ1) is 15.5. The molecule has 0 saturated carbocycles. The van der Waals surface area contributed by atoms with Crippen LogP contribution in [0.3, 0.4) is 0 Å². The number of rotatable bonds is 3. The normalized spacial score (nSPS) is 24.3. The lowest BCUT2D eigenvalue weighted by molar-refractivity contribution is 0.0640. The van der Waals surface area contributed by atoms with E-state index in [0.29, 0.717) is 5.54 Å². The van der Waals surface area contributed by atoms with Gasteiger partial charge in [-0.2, -0.15) is 0 Å². The molecule has 3 rings (SSSR count). The van der Waals surface area contributed by atoms with E-state index in [0.717, 1.165) is 6.54 Å². The highest BCUT2D eigenvalue weighted by Gasteiger charge is 2.38. The summed E-state index contributed by atoms with van der Waals surface area (Å²) >= 11 is 2.00. The van der Waals surface area contributed by atoms with Crippen molar-refractivity contribution in [2.75, 3.05) is 39.8 Å². The third-order valence-corrected chi connectivity index (χ3v) is 6.49. The van der Waals surface area contributed by atoms with Gasteiger partial charge in [0.2, 0.25) is 0 Å². The first-order valence-electron chi connectivity index (χ1n) is 8.44. The monoisotopic (exact) mass is 307 g/mol. The van der Waals surface area contributed by atoms with E-state index < -0.39 is 0 Å². The summed E-state index contributed by atoms with van der Waals surface area (Å²) in [6.45, 7) is 9.49. The van der Waals surface area contributed by atoms with Crippen molar-refractivity contribution in [3.63, 3.8) is 0 Å². The van der Waals surface area contributed by atoms with Crippen molar-refractivity contribution < 1.29 is 0 Å². The van der Waals surface area contributed by atoms with Gasteiger partial charge in [0.1, 0.15) is 0 Å². The number of nitrogens with one attached hydrogen (secondary N) is 1. The number of aryl methyl sites for hydroxylation is 1. The molecule has 0 aromatic carbocycles. The lowest BCUT2D eigenvalue weighted by Gasteiger charge is -2.45. The largest absolute Gasteiger partial charge is 0.317 e. The number of piperidine rings is 1. The van der Waals surface area contributed by atoms with Gasteiger partial charge in [0.15, 0.2) is 0 Å². The molecule has 1 spiro atoms. The van der Waals surface area contributed by atoms with Crippen LogP contribution in [-0.2, 0) is 13.0 Å². The number of hydrogen-bond donors (Lipinski definition) is 1. The van der Waals surface area contributed by atoms with Crippen LogP contribution in [0, 0.1) is 0 Å². The van der Waals surface area contributed by atoms with Crippen LogP contribution in [0.2, 0.25) is 0 Å². The minimum absolute atomic E-state index is 0.409. The molecule has 0 amide bonds. The van der Waals surface area contributed by atoms with Crippen molar-refractivity contribution in [2.45, 2.75) is 44.7 Å². The van der Waals surface area contributed by atoms with Crippen LogP contribution in [-0.4, -0.2) is 55.1 Å². The highest BCUT2D eigenvalue weighted by atomic mass is 32.1. The molecule has 1 N–H and O–H groups in total. The lowest BCUT2D eigenvalue weighted by atomic mass is 9.86. The summed E-state index contributed by atoms with van der Waals surface area (Å²) in [4.78, 5) is 8.42. The fourth-order valence-electron chi connectivity index (χ4n) is 3.87. The fraction of sp³-hybridized carbons (Fsp3) is 0.765. The van der Waals surface area contributed by atoms with Gasteiger partial charge >= 0.3 is 0 Å². The van der Waals surface area contributed by atoms with Gasteiger partial charge in [-0.15, -0.1) is 11.3 Å². The molecule has 1 aromatic rings. The Morgan fingerprint density at radius 3 is 2.67 bits per heavy atom. The Hall–Kier alpha value is -0.420. The molecule has 2 aliphatic rings. The Balaban J connectivity index is 1.70. The standard InChI is InChI=1S/C17H29N3S/c1-3-15-5-6-16(21-15)13-20-12-4-11-19(2)17(14-20)7-9-18-10-8-17/h5-6,18H,3-4,7-14H2,1-2H3. The average Bonchev–Trinajstić information content (AvgIpc) is 2.90. The second-order valence-electron chi connectivity index (χ2n) is 6.68. The Bertz CT molecular complexity index is 451. The van der Waals surface area contributed by atoms with Crippen LogP contribution >= 0.6 is 11.3 Å². The number of nitrogens with zero attached hydrogens (tertiary/aromatic N) is 2. The molecule has 21 heavy (non-hydrogen) atoms. The second kappa shape index (κ2) is 6.78. The predicted octanol–water partition coefficient (Wildman–Crippen LogP) is 2.57. The Kier molecular flexibility index (Phi) is 4.99. The third-order valence-electron chi connectivity index (χ3n) is 5.28. The van der Waals surface area contributed by atoms with E-state index in [-0.39, 0.29) is 0 Å². The maximum absolute atomic E-state index is 3.53. The van der Waals surface area contributed by atoms with Gasteiger partial charge in [0.25, 0.3) is 0 Å². The topological polar surface area (TPSA) is 18.5 Å². The van der Waals surface area contributed by atoms with E-state index in [1.54, 1.807) is 4.88 Å². The summed E-state index contributed by atoms with van der Waals surface area (Å²) in [7, 11) is 2.34. The molecule has 118 valence electrons. The van der Waals surface area contributed by atoms with Gasteiger partial charge in [0.05, 0.1) is 0 Å². The van der Waals surface area contributed by atoms with Crippen molar-refractivity contribution in [3.8, 4) is 0 Å². The van der Waals surface area contributed by atoms with E-state index >= 15 is 0 Å². The summed E-state index contributed by atoms with van der Waals surface area (Å²) in [6, 6.07) is 4.65. The molecule has 0 aliphatic carbocycles. The fourth-order valence-corrected chi connectivity index (χ4v) is 4.87. The van der Waals surface area contributed by atoms with Crippen molar-refractivity contribution in [3.05, 3.63) is 21.9 Å². The van der Waals surface area contributed by atoms with Crippen molar-refractivity contribution in [1.29, 1.82) is 0 Å². The van der Waals surface area contributed by atoms with E-state index in [1.807, 2.05) is 11.3 Å². The molecular formula is C17H29N3S. The molecule has 4 heteroatoms. The van der Waals surface area contributed by atoms with Crippen LogP contribution in [0.5, 0.6) is 0 Å². The Morgan fingerprint density at radius 1 is 1.19 bits per heavy atom. The maximum atomic E-state index is 3.53.